The number of aromatic carboxylic acids is 1. The summed E-state index contributed by atoms with van der Waals surface area (Å²) in [5.74, 6) is -4.89. The molecule has 1 aliphatic heterocycles. The van der Waals surface area contributed by atoms with Crippen molar-refractivity contribution >= 4 is 52.2 Å². The molecule has 0 radical (unpaired) electrons. The molecule has 4 saturated carbocycles. The molecule has 18 heteroatoms. The number of carboxylic acid groups (broad SMARTS) is 1. The standard InChI is InChI=1S/C46H54FN3O14/c1-24-20-48(39-32(47)18-29-38(41(39)61-4)50(26-6-7-26)21-30(40(29)56)42(57)58)15-16-49(24)43(59)64-23-63-36(55)10-9-35(54)62-22-34(53)46(60)14-12-31-28-8-5-25-17-27(51)11-13-44(25,2)37(28)33(52)19-45(31,46)3/h11,13,17-18,21,24,26,28,31,33,37,52,60H,5-10,12,14-16,19-20,22-23H2,1-4H3,(H,57,58)/t24?,28?,31-,33-,37+,44-,45-,46-/m0/s1. The highest BCUT2D eigenvalue weighted by atomic mass is 19.1. The maximum atomic E-state index is 15.8. The van der Waals surface area contributed by atoms with Crippen LogP contribution in [0.4, 0.5) is 14.9 Å². The molecular formula is C46H54FN3O14. The Morgan fingerprint density at radius 1 is 0.984 bits per heavy atom. The van der Waals surface area contributed by atoms with Crippen molar-refractivity contribution in [3.63, 3.8) is 0 Å². The van der Waals surface area contributed by atoms with Crippen LogP contribution in [0.1, 0.15) is 95.0 Å². The van der Waals surface area contributed by atoms with Crippen LogP contribution >= 0.6 is 0 Å². The summed E-state index contributed by atoms with van der Waals surface area (Å²) in [5, 5.41) is 33.0. The van der Waals surface area contributed by atoms with Gasteiger partial charge in [0.05, 0.1) is 37.0 Å². The van der Waals surface area contributed by atoms with Crippen molar-refractivity contribution in [3.05, 3.63) is 57.7 Å². The van der Waals surface area contributed by atoms with E-state index in [1.165, 1.54) is 18.2 Å². The number of Topliss-reactive ketones (excluding diaryl/α,β-unsaturated/α-hetero) is 1. The van der Waals surface area contributed by atoms with Crippen LogP contribution in [0.3, 0.4) is 0 Å². The van der Waals surface area contributed by atoms with Crippen LogP contribution in [0.2, 0.25) is 0 Å². The Morgan fingerprint density at radius 3 is 2.38 bits per heavy atom. The molecule has 1 aromatic heterocycles. The minimum atomic E-state index is -1.84. The Hall–Kier alpha value is -5.62. The number of aliphatic hydroxyl groups is 2. The number of methoxy groups -OCH3 is 1. The second-order valence-electron chi connectivity index (χ2n) is 18.7. The lowest BCUT2D eigenvalue weighted by Crippen LogP contribution is -2.61. The van der Waals surface area contributed by atoms with Crippen molar-refractivity contribution in [2.75, 3.05) is 45.0 Å². The molecule has 8 atom stereocenters. The van der Waals surface area contributed by atoms with Crippen LogP contribution in [0.5, 0.6) is 5.75 Å². The van der Waals surface area contributed by atoms with E-state index in [1.807, 2.05) is 19.9 Å². The fourth-order valence-electron chi connectivity index (χ4n) is 11.8. The van der Waals surface area contributed by atoms with E-state index < -0.39 is 101 Å². The molecule has 1 saturated heterocycles. The fraction of sp³-hybridized carbons (Fsp3) is 0.587. The molecule has 2 aromatic rings. The first kappa shape index (κ1) is 45.0. The SMILES string of the molecule is COc1c(N2CCN(C(=O)OCOC(=O)CCC(=O)OCC(=O)[C@@]3(O)CC[C@H]4C5CCC6=CC(=O)C=C[C@]6(C)[C@H]5[C@@H](O)C[C@@]43C)C(C)C2)c(F)cc2c(=O)c(C(=O)O)cn(C3CC3)c12. The van der Waals surface area contributed by atoms with Gasteiger partial charge in [0.15, 0.2) is 24.0 Å². The van der Waals surface area contributed by atoms with E-state index in [-0.39, 0.29) is 84.4 Å². The van der Waals surface area contributed by atoms with Gasteiger partial charge in [-0.3, -0.25) is 24.0 Å². The van der Waals surface area contributed by atoms with Crippen molar-refractivity contribution < 1.29 is 67.4 Å². The van der Waals surface area contributed by atoms with E-state index in [4.69, 9.17) is 18.9 Å². The fourth-order valence-corrected chi connectivity index (χ4v) is 11.8. The van der Waals surface area contributed by atoms with Crippen LogP contribution in [0, 0.1) is 34.4 Å². The Bertz CT molecular complexity index is 2440. The number of halogens is 1. The van der Waals surface area contributed by atoms with E-state index in [0.717, 1.165) is 24.5 Å². The summed E-state index contributed by atoms with van der Waals surface area (Å²) in [6.07, 6.45) is 7.59. The van der Waals surface area contributed by atoms with Crippen molar-refractivity contribution in [2.24, 2.45) is 28.6 Å². The smallest absolute Gasteiger partial charge is 0.413 e. The van der Waals surface area contributed by atoms with Gasteiger partial charge < -0.3 is 48.6 Å². The first-order valence-electron chi connectivity index (χ1n) is 21.9. The van der Waals surface area contributed by atoms with Gasteiger partial charge >= 0.3 is 24.0 Å². The molecule has 1 amide bonds. The van der Waals surface area contributed by atoms with Gasteiger partial charge in [0.1, 0.15) is 16.9 Å². The molecule has 64 heavy (non-hydrogen) atoms. The molecule has 5 fully saturated rings. The third-order valence-electron chi connectivity index (χ3n) is 15.2. The van der Waals surface area contributed by atoms with Crippen molar-refractivity contribution in [2.45, 2.75) is 102 Å². The van der Waals surface area contributed by atoms with Gasteiger partial charge in [0, 0.05) is 54.7 Å². The summed E-state index contributed by atoms with van der Waals surface area (Å²) in [7, 11) is 1.34. The van der Waals surface area contributed by atoms with E-state index in [1.54, 1.807) is 28.5 Å². The number of hydrogen-bond acceptors (Lipinski definition) is 14. The predicted octanol–water partition coefficient (Wildman–Crippen LogP) is 4.23. The number of amides is 1. The predicted molar refractivity (Wildman–Crippen MR) is 224 cm³/mol. The number of carboxylic acids is 1. The number of pyridine rings is 1. The summed E-state index contributed by atoms with van der Waals surface area (Å²) in [6, 6.07) is 0.414. The summed E-state index contributed by atoms with van der Waals surface area (Å²) in [4.78, 5) is 91.8. The lowest BCUT2D eigenvalue weighted by atomic mass is 9.46. The van der Waals surface area contributed by atoms with Crippen molar-refractivity contribution in [1.29, 1.82) is 0 Å². The molecule has 2 unspecified atom stereocenters. The van der Waals surface area contributed by atoms with E-state index in [2.05, 4.69) is 0 Å². The Kier molecular flexibility index (Phi) is 11.8. The summed E-state index contributed by atoms with van der Waals surface area (Å²) < 4.78 is 38.6. The number of carbonyl (C=O) groups excluding carboxylic acids is 5. The van der Waals surface area contributed by atoms with Crippen molar-refractivity contribution in [1.82, 2.24) is 9.47 Å². The van der Waals surface area contributed by atoms with E-state index in [0.29, 0.717) is 19.3 Å². The number of aliphatic hydroxyl groups excluding tert-OH is 1. The number of benzene rings is 1. The largest absolute Gasteiger partial charge is 0.492 e. The lowest BCUT2D eigenvalue weighted by molar-refractivity contribution is -0.181. The average Bonchev–Trinajstić information content (AvgIpc) is 4.05. The quantitative estimate of drug-likeness (QED) is 0.200. The number of ketones is 2. The lowest BCUT2D eigenvalue weighted by Gasteiger charge is -2.59. The van der Waals surface area contributed by atoms with Gasteiger partial charge in [-0.1, -0.05) is 25.5 Å². The Balaban J connectivity index is 0.800. The second-order valence-corrected chi connectivity index (χ2v) is 18.7. The van der Waals surface area contributed by atoms with Crippen LogP contribution < -0.4 is 15.1 Å². The molecule has 8 rings (SSSR count). The molecule has 2 heterocycles. The molecule has 6 aliphatic rings. The molecule has 0 bridgehead atoms. The van der Waals surface area contributed by atoms with Gasteiger partial charge in [-0.25, -0.2) is 14.0 Å². The minimum Gasteiger partial charge on any atom is -0.492 e. The van der Waals surface area contributed by atoms with Gasteiger partial charge in [0.25, 0.3) is 0 Å². The van der Waals surface area contributed by atoms with Gasteiger partial charge in [0.2, 0.25) is 18.0 Å². The topological polar surface area (TPSA) is 229 Å². The summed E-state index contributed by atoms with van der Waals surface area (Å²) in [6.45, 7) is 4.42. The van der Waals surface area contributed by atoms with Gasteiger partial charge in [-0.15, -0.1) is 0 Å². The van der Waals surface area contributed by atoms with Gasteiger partial charge in [-0.05, 0) is 81.9 Å². The molecule has 344 valence electrons. The minimum absolute atomic E-state index is 0.00336. The molecule has 17 nitrogen and oxygen atoms in total. The second kappa shape index (κ2) is 16.7. The summed E-state index contributed by atoms with van der Waals surface area (Å²) in [5.41, 5.74) is -3.27. The normalized spacial score (nSPS) is 30.8. The number of aromatic nitrogens is 1. The zero-order valence-electron chi connectivity index (χ0n) is 36.3. The number of ether oxygens (including phenoxy) is 4. The number of anilines is 1. The molecular weight excluding hydrogens is 838 g/mol. The Labute approximate surface area is 367 Å². The van der Waals surface area contributed by atoms with Crippen molar-refractivity contribution in [3.8, 4) is 5.75 Å². The maximum Gasteiger partial charge on any atom is 0.413 e. The third kappa shape index (κ3) is 7.55. The van der Waals surface area contributed by atoms with Gasteiger partial charge in [-0.2, -0.15) is 0 Å². The van der Waals surface area contributed by atoms with E-state index in [9.17, 15) is 48.9 Å². The van der Waals surface area contributed by atoms with E-state index >= 15 is 4.39 Å². The highest BCUT2D eigenvalue weighted by Crippen LogP contribution is 2.67. The number of rotatable bonds is 12. The third-order valence-corrected chi connectivity index (χ3v) is 15.2. The number of piperazine rings is 1. The number of carbonyl (C=O) groups is 6. The number of allylic oxidation sites excluding steroid dienone is 4. The average molecular weight is 892 g/mol. The molecule has 3 N–H and O–H groups in total. The zero-order chi connectivity index (χ0) is 46.0. The van der Waals surface area contributed by atoms with Crippen LogP contribution in [0.15, 0.2) is 40.9 Å². The highest BCUT2D eigenvalue weighted by molar-refractivity contribution is 6.01. The van der Waals surface area contributed by atoms with Crippen LogP contribution in [0.25, 0.3) is 10.9 Å². The molecule has 0 spiro atoms. The monoisotopic (exact) mass is 891 g/mol. The number of nitrogens with zero attached hydrogens (tertiary/aromatic N) is 3. The zero-order valence-corrected chi connectivity index (χ0v) is 36.3. The number of esters is 2. The summed E-state index contributed by atoms with van der Waals surface area (Å²) >= 11 is 0. The maximum absolute atomic E-state index is 15.8. The van der Waals surface area contributed by atoms with Crippen LogP contribution in [-0.4, -0.2) is 118 Å². The van der Waals surface area contributed by atoms with Crippen LogP contribution in [-0.2, 0) is 33.4 Å². The Morgan fingerprint density at radius 2 is 1.70 bits per heavy atom. The molecule has 5 aliphatic carbocycles. The molecule has 1 aromatic carbocycles. The first-order valence-corrected chi connectivity index (χ1v) is 21.9. The number of hydrogen-bond donors (Lipinski definition) is 3. The highest BCUT2D eigenvalue weighted by Gasteiger charge is 2.68. The first-order chi connectivity index (χ1) is 30.3. The number of fused-ring (bicyclic) bond motifs is 6.